The number of nitrogens with two attached hydrogens (primary N) is 1. The van der Waals surface area contributed by atoms with Crippen LogP contribution in [-0.4, -0.2) is 16.9 Å². The Morgan fingerprint density at radius 3 is 2.86 bits per heavy atom. The van der Waals surface area contributed by atoms with E-state index < -0.39 is 0 Å². The van der Waals surface area contributed by atoms with E-state index in [-0.39, 0.29) is 17.5 Å². The van der Waals surface area contributed by atoms with Gasteiger partial charge in [-0.15, -0.1) is 5.10 Å². The number of ether oxygens (including phenoxy) is 2. The third-order valence-electron chi connectivity index (χ3n) is 3.55. The minimum atomic E-state index is 0.112. The Bertz CT molecular complexity index is 688. The first-order chi connectivity index (χ1) is 10.6. The van der Waals surface area contributed by atoms with Gasteiger partial charge in [-0.05, 0) is 31.0 Å². The van der Waals surface area contributed by atoms with Gasteiger partial charge in [-0.3, -0.25) is 0 Å². The summed E-state index contributed by atoms with van der Waals surface area (Å²) in [4.78, 5) is 0. The lowest BCUT2D eigenvalue weighted by Crippen LogP contribution is -2.09. The number of hydrogen-bond donors (Lipinski definition) is 1. The molecule has 0 saturated carbocycles. The van der Waals surface area contributed by atoms with Gasteiger partial charge in [0.1, 0.15) is 24.2 Å². The Kier molecular flexibility index (Phi) is 4.89. The molecule has 2 N–H and O–H groups in total. The first kappa shape index (κ1) is 15.7. The van der Waals surface area contributed by atoms with E-state index >= 15 is 0 Å². The SMILES string of the molecule is CC[C@@H](C)n1nc(OCc2cccc(OC)c2)c(C#N)c1N. The second kappa shape index (κ2) is 6.85. The van der Waals surface area contributed by atoms with Crippen LogP contribution >= 0.6 is 0 Å². The topological polar surface area (TPSA) is 86.1 Å². The molecule has 0 aliphatic rings. The Morgan fingerprint density at radius 2 is 2.23 bits per heavy atom. The van der Waals surface area contributed by atoms with Gasteiger partial charge in [0, 0.05) is 0 Å². The molecule has 0 unspecified atom stereocenters. The molecular formula is C16H20N4O2. The molecule has 0 radical (unpaired) electrons. The zero-order valence-electron chi connectivity index (χ0n) is 13.0. The zero-order valence-corrected chi connectivity index (χ0v) is 13.0. The highest BCUT2D eigenvalue weighted by molar-refractivity contribution is 5.55. The third kappa shape index (κ3) is 3.14. The van der Waals surface area contributed by atoms with E-state index in [1.165, 1.54) is 0 Å². The van der Waals surface area contributed by atoms with E-state index in [1.807, 2.05) is 38.1 Å². The van der Waals surface area contributed by atoms with E-state index in [0.29, 0.717) is 12.4 Å². The highest BCUT2D eigenvalue weighted by atomic mass is 16.5. The maximum absolute atomic E-state index is 9.26. The van der Waals surface area contributed by atoms with Crippen molar-refractivity contribution in [1.29, 1.82) is 5.26 Å². The van der Waals surface area contributed by atoms with Crippen LogP contribution < -0.4 is 15.2 Å². The van der Waals surface area contributed by atoms with Crippen LogP contribution in [0.3, 0.4) is 0 Å². The van der Waals surface area contributed by atoms with Crippen molar-refractivity contribution in [3.63, 3.8) is 0 Å². The normalized spacial score (nSPS) is 11.7. The molecule has 6 nitrogen and oxygen atoms in total. The molecule has 0 saturated heterocycles. The van der Waals surface area contributed by atoms with Gasteiger partial charge in [0.15, 0.2) is 5.56 Å². The number of anilines is 1. The number of hydrogen-bond acceptors (Lipinski definition) is 5. The van der Waals surface area contributed by atoms with Crippen molar-refractivity contribution in [2.45, 2.75) is 32.9 Å². The Morgan fingerprint density at radius 1 is 1.45 bits per heavy atom. The fraction of sp³-hybridized carbons (Fsp3) is 0.375. The van der Waals surface area contributed by atoms with Gasteiger partial charge in [0.25, 0.3) is 5.88 Å². The second-order valence-corrected chi connectivity index (χ2v) is 5.02. The quantitative estimate of drug-likeness (QED) is 0.886. The number of aromatic nitrogens is 2. The van der Waals surface area contributed by atoms with Gasteiger partial charge in [-0.2, -0.15) is 5.26 Å². The number of rotatable bonds is 6. The monoisotopic (exact) mass is 300 g/mol. The van der Waals surface area contributed by atoms with Crippen LogP contribution in [0.25, 0.3) is 0 Å². The summed E-state index contributed by atoms with van der Waals surface area (Å²) in [5.74, 6) is 1.37. The molecule has 6 heteroatoms. The summed E-state index contributed by atoms with van der Waals surface area (Å²) in [6.07, 6.45) is 0.867. The molecule has 2 aromatic rings. The van der Waals surface area contributed by atoms with Gasteiger partial charge in [0.2, 0.25) is 0 Å². The summed E-state index contributed by atoms with van der Waals surface area (Å²) in [6.45, 7) is 4.33. The molecule has 1 aromatic carbocycles. The first-order valence-electron chi connectivity index (χ1n) is 7.14. The lowest BCUT2D eigenvalue weighted by molar-refractivity contribution is 0.285. The second-order valence-electron chi connectivity index (χ2n) is 5.02. The highest BCUT2D eigenvalue weighted by Gasteiger charge is 2.19. The Hall–Kier alpha value is -2.68. The summed E-state index contributed by atoms with van der Waals surface area (Å²) in [5, 5.41) is 13.6. The minimum Gasteiger partial charge on any atom is -0.497 e. The zero-order chi connectivity index (χ0) is 16.1. The molecule has 22 heavy (non-hydrogen) atoms. The summed E-state index contributed by atoms with van der Waals surface area (Å²) < 4.78 is 12.5. The highest BCUT2D eigenvalue weighted by Crippen LogP contribution is 2.27. The molecule has 0 fully saturated rings. The number of nitrogen functional groups attached to an aromatic ring is 1. The number of nitriles is 1. The maximum Gasteiger partial charge on any atom is 0.253 e. The van der Waals surface area contributed by atoms with Crippen LogP contribution in [0.1, 0.15) is 37.4 Å². The van der Waals surface area contributed by atoms with Gasteiger partial charge < -0.3 is 15.2 Å². The molecule has 0 amide bonds. The van der Waals surface area contributed by atoms with Crippen molar-refractivity contribution in [1.82, 2.24) is 9.78 Å². The van der Waals surface area contributed by atoms with Crippen molar-refractivity contribution < 1.29 is 9.47 Å². The fourth-order valence-corrected chi connectivity index (χ4v) is 2.05. The van der Waals surface area contributed by atoms with Crippen molar-refractivity contribution in [3.8, 4) is 17.7 Å². The van der Waals surface area contributed by atoms with Gasteiger partial charge in [-0.1, -0.05) is 19.1 Å². The van der Waals surface area contributed by atoms with E-state index in [9.17, 15) is 5.26 Å². The molecule has 0 aliphatic carbocycles. The van der Waals surface area contributed by atoms with Gasteiger partial charge >= 0.3 is 0 Å². The van der Waals surface area contributed by atoms with Crippen LogP contribution in [0.2, 0.25) is 0 Å². The molecule has 0 bridgehead atoms. The third-order valence-corrected chi connectivity index (χ3v) is 3.55. The molecule has 116 valence electrons. The summed E-state index contributed by atoms with van der Waals surface area (Å²) in [6, 6.07) is 9.72. The van der Waals surface area contributed by atoms with Crippen molar-refractivity contribution in [2.75, 3.05) is 12.8 Å². The van der Waals surface area contributed by atoms with E-state index in [1.54, 1.807) is 11.8 Å². The van der Waals surface area contributed by atoms with E-state index in [2.05, 4.69) is 11.2 Å². The standard InChI is InChI=1S/C16H20N4O2/c1-4-11(2)20-15(18)14(9-17)16(19-20)22-10-12-6-5-7-13(8-12)21-3/h5-8,11H,4,10,18H2,1-3H3/t11-/m1/s1. The Balaban J connectivity index is 2.20. The van der Waals surface area contributed by atoms with Crippen LogP contribution in [0, 0.1) is 11.3 Å². The number of benzene rings is 1. The predicted octanol–water partition coefficient (Wildman–Crippen LogP) is 2.90. The van der Waals surface area contributed by atoms with Crippen LogP contribution in [0.4, 0.5) is 5.82 Å². The average Bonchev–Trinajstić information content (AvgIpc) is 2.88. The largest absolute Gasteiger partial charge is 0.497 e. The molecular weight excluding hydrogens is 280 g/mol. The van der Waals surface area contributed by atoms with Gasteiger partial charge in [-0.25, -0.2) is 4.68 Å². The number of nitrogens with zero attached hydrogens (tertiary/aromatic N) is 3. The fourth-order valence-electron chi connectivity index (χ4n) is 2.05. The summed E-state index contributed by atoms with van der Waals surface area (Å²) in [7, 11) is 1.61. The Labute approximate surface area is 130 Å². The molecule has 2 rings (SSSR count). The van der Waals surface area contributed by atoms with Crippen LogP contribution in [-0.2, 0) is 6.61 Å². The van der Waals surface area contributed by atoms with Gasteiger partial charge in [0.05, 0.1) is 13.2 Å². The molecule has 1 aromatic heterocycles. The van der Waals surface area contributed by atoms with E-state index in [0.717, 1.165) is 17.7 Å². The minimum absolute atomic E-state index is 0.112. The molecule has 0 aliphatic heterocycles. The lowest BCUT2D eigenvalue weighted by atomic mass is 10.2. The van der Waals surface area contributed by atoms with E-state index in [4.69, 9.17) is 15.2 Å². The first-order valence-corrected chi connectivity index (χ1v) is 7.14. The molecule has 1 heterocycles. The van der Waals surface area contributed by atoms with Crippen LogP contribution in [0.15, 0.2) is 24.3 Å². The number of methoxy groups -OCH3 is 1. The van der Waals surface area contributed by atoms with Crippen LogP contribution in [0.5, 0.6) is 11.6 Å². The lowest BCUT2D eigenvalue weighted by Gasteiger charge is -2.10. The van der Waals surface area contributed by atoms with Crippen molar-refractivity contribution in [2.24, 2.45) is 0 Å². The molecule has 0 spiro atoms. The summed E-state index contributed by atoms with van der Waals surface area (Å²) >= 11 is 0. The maximum atomic E-state index is 9.26. The molecule has 1 atom stereocenters. The smallest absolute Gasteiger partial charge is 0.253 e. The summed E-state index contributed by atoms with van der Waals surface area (Å²) in [5.41, 5.74) is 7.19. The average molecular weight is 300 g/mol. The predicted molar refractivity (Wildman–Crippen MR) is 83.7 cm³/mol. The van der Waals surface area contributed by atoms with Crippen molar-refractivity contribution in [3.05, 3.63) is 35.4 Å². The van der Waals surface area contributed by atoms with Crippen molar-refractivity contribution >= 4 is 5.82 Å².